The SMILES string of the molecule is C[C@H](C(=O)NC(=O)NCc1ccccc1)[NH+]1CCCCCC1. The van der Waals surface area contributed by atoms with Crippen molar-refractivity contribution in [2.75, 3.05) is 13.1 Å². The maximum Gasteiger partial charge on any atom is 0.321 e. The molecule has 5 nitrogen and oxygen atoms in total. The first kappa shape index (κ1) is 16.5. The molecule has 1 aliphatic rings. The number of carbonyl (C=O) groups is 2. The molecule has 3 N–H and O–H groups in total. The van der Waals surface area contributed by atoms with E-state index in [1.54, 1.807) is 0 Å². The first-order chi connectivity index (χ1) is 10.7. The lowest BCUT2D eigenvalue weighted by atomic mass is 10.2. The summed E-state index contributed by atoms with van der Waals surface area (Å²) in [5.41, 5.74) is 1.01. The molecule has 3 amide bonds. The van der Waals surface area contributed by atoms with Crippen LogP contribution >= 0.6 is 0 Å². The van der Waals surface area contributed by atoms with Gasteiger partial charge in [0.25, 0.3) is 5.91 Å². The number of likely N-dealkylation sites (tertiary alicyclic amines) is 1. The summed E-state index contributed by atoms with van der Waals surface area (Å²) in [5, 5.41) is 5.18. The van der Waals surface area contributed by atoms with Crippen LogP contribution in [0.4, 0.5) is 4.79 Å². The predicted octanol–water partition coefficient (Wildman–Crippen LogP) is 0.860. The highest BCUT2D eigenvalue weighted by atomic mass is 16.2. The summed E-state index contributed by atoms with van der Waals surface area (Å²) in [4.78, 5) is 25.3. The zero-order chi connectivity index (χ0) is 15.8. The van der Waals surface area contributed by atoms with Gasteiger partial charge in [0, 0.05) is 6.54 Å². The fraction of sp³-hybridized carbons (Fsp3) is 0.529. The van der Waals surface area contributed by atoms with Gasteiger partial charge in [-0.05, 0) is 38.2 Å². The Bertz CT molecular complexity index is 482. The Balaban J connectivity index is 1.76. The average Bonchev–Trinajstić information content (AvgIpc) is 2.82. The predicted molar refractivity (Wildman–Crippen MR) is 85.4 cm³/mol. The molecular formula is C17H26N3O2+. The Morgan fingerprint density at radius 1 is 1.09 bits per heavy atom. The van der Waals surface area contributed by atoms with Crippen molar-refractivity contribution in [1.29, 1.82) is 0 Å². The van der Waals surface area contributed by atoms with Crippen LogP contribution in [-0.4, -0.2) is 31.1 Å². The Morgan fingerprint density at radius 2 is 1.73 bits per heavy atom. The molecule has 1 aromatic carbocycles. The molecule has 1 aliphatic heterocycles. The third kappa shape index (κ3) is 5.15. The lowest BCUT2D eigenvalue weighted by molar-refractivity contribution is -0.913. The summed E-state index contributed by atoms with van der Waals surface area (Å²) in [5.74, 6) is -0.192. The second-order valence-corrected chi connectivity index (χ2v) is 5.95. The summed E-state index contributed by atoms with van der Waals surface area (Å²) in [6.07, 6.45) is 4.81. The first-order valence-corrected chi connectivity index (χ1v) is 8.14. The molecule has 120 valence electrons. The fourth-order valence-electron chi connectivity index (χ4n) is 2.84. The topological polar surface area (TPSA) is 62.6 Å². The van der Waals surface area contributed by atoms with E-state index in [1.165, 1.54) is 17.7 Å². The van der Waals surface area contributed by atoms with E-state index in [-0.39, 0.29) is 11.9 Å². The lowest BCUT2D eigenvalue weighted by Crippen LogP contribution is -3.16. The number of carbonyl (C=O) groups excluding carboxylic acids is 2. The fourth-order valence-corrected chi connectivity index (χ4v) is 2.84. The molecule has 1 saturated heterocycles. The van der Waals surface area contributed by atoms with E-state index in [0.717, 1.165) is 31.5 Å². The normalized spacial score (nSPS) is 17.3. The van der Waals surface area contributed by atoms with Crippen LogP contribution in [-0.2, 0) is 11.3 Å². The molecule has 1 fully saturated rings. The van der Waals surface area contributed by atoms with Crippen molar-refractivity contribution >= 4 is 11.9 Å². The summed E-state index contributed by atoms with van der Waals surface area (Å²) in [6, 6.07) is 9.04. The molecule has 1 heterocycles. The van der Waals surface area contributed by atoms with Crippen LogP contribution < -0.4 is 15.5 Å². The maximum atomic E-state index is 12.2. The van der Waals surface area contributed by atoms with E-state index >= 15 is 0 Å². The van der Waals surface area contributed by atoms with Crippen molar-refractivity contribution in [1.82, 2.24) is 10.6 Å². The largest absolute Gasteiger partial charge is 0.334 e. The van der Waals surface area contributed by atoms with E-state index in [2.05, 4.69) is 10.6 Å². The van der Waals surface area contributed by atoms with Gasteiger partial charge in [0.15, 0.2) is 6.04 Å². The molecule has 0 bridgehead atoms. The van der Waals surface area contributed by atoms with Gasteiger partial charge in [-0.25, -0.2) is 4.79 Å². The van der Waals surface area contributed by atoms with Gasteiger partial charge in [-0.15, -0.1) is 0 Å². The van der Waals surface area contributed by atoms with Crippen LogP contribution in [0, 0.1) is 0 Å². The number of quaternary nitrogens is 1. The van der Waals surface area contributed by atoms with Crippen LogP contribution in [0.5, 0.6) is 0 Å². The second-order valence-electron chi connectivity index (χ2n) is 5.95. The van der Waals surface area contributed by atoms with Gasteiger partial charge in [0.1, 0.15) is 0 Å². The Morgan fingerprint density at radius 3 is 2.36 bits per heavy atom. The number of imide groups is 1. The highest BCUT2D eigenvalue weighted by Crippen LogP contribution is 2.00. The molecular weight excluding hydrogens is 278 g/mol. The second kappa shape index (κ2) is 8.54. The third-order valence-corrected chi connectivity index (χ3v) is 4.28. The van der Waals surface area contributed by atoms with Crippen LogP contribution in [0.15, 0.2) is 30.3 Å². The monoisotopic (exact) mass is 304 g/mol. The van der Waals surface area contributed by atoms with Gasteiger partial charge < -0.3 is 10.2 Å². The number of hydrogen-bond acceptors (Lipinski definition) is 2. The van der Waals surface area contributed by atoms with E-state index in [4.69, 9.17) is 0 Å². The lowest BCUT2D eigenvalue weighted by Gasteiger charge is -2.23. The number of rotatable bonds is 4. The van der Waals surface area contributed by atoms with Crippen molar-refractivity contribution in [2.24, 2.45) is 0 Å². The van der Waals surface area contributed by atoms with E-state index in [1.807, 2.05) is 37.3 Å². The highest BCUT2D eigenvalue weighted by molar-refractivity contribution is 5.96. The van der Waals surface area contributed by atoms with Crippen molar-refractivity contribution in [2.45, 2.75) is 45.2 Å². The van der Waals surface area contributed by atoms with E-state index in [9.17, 15) is 9.59 Å². The molecule has 0 saturated carbocycles. The zero-order valence-corrected chi connectivity index (χ0v) is 13.2. The number of amides is 3. The Hall–Kier alpha value is -1.88. The van der Waals surface area contributed by atoms with Gasteiger partial charge in [0.05, 0.1) is 13.1 Å². The summed E-state index contributed by atoms with van der Waals surface area (Å²) in [7, 11) is 0. The van der Waals surface area contributed by atoms with Crippen molar-refractivity contribution in [3.8, 4) is 0 Å². The molecule has 5 heteroatoms. The molecule has 0 aromatic heterocycles. The standard InChI is InChI=1S/C17H25N3O2/c1-14(20-11-7-2-3-8-12-20)16(21)19-17(22)18-13-15-9-5-4-6-10-15/h4-6,9-10,14H,2-3,7-8,11-13H2,1H3,(H2,18,19,21,22)/p+1/t14-/m1/s1. The third-order valence-electron chi connectivity index (χ3n) is 4.28. The Labute approximate surface area is 132 Å². The molecule has 0 spiro atoms. The Kier molecular flexibility index (Phi) is 6.40. The van der Waals surface area contributed by atoms with Gasteiger partial charge in [-0.3, -0.25) is 10.1 Å². The maximum absolute atomic E-state index is 12.2. The van der Waals surface area contributed by atoms with E-state index < -0.39 is 6.03 Å². The number of benzene rings is 1. The molecule has 0 aliphatic carbocycles. The highest BCUT2D eigenvalue weighted by Gasteiger charge is 2.26. The van der Waals surface area contributed by atoms with Crippen molar-refractivity contribution in [3.63, 3.8) is 0 Å². The van der Waals surface area contributed by atoms with Crippen LogP contribution in [0.1, 0.15) is 38.2 Å². The molecule has 0 radical (unpaired) electrons. The van der Waals surface area contributed by atoms with Crippen LogP contribution in [0.3, 0.4) is 0 Å². The van der Waals surface area contributed by atoms with Crippen LogP contribution in [0.25, 0.3) is 0 Å². The summed E-state index contributed by atoms with van der Waals surface area (Å²) in [6.45, 7) is 4.35. The first-order valence-electron chi connectivity index (χ1n) is 8.14. The van der Waals surface area contributed by atoms with Gasteiger partial charge >= 0.3 is 6.03 Å². The quantitative estimate of drug-likeness (QED) is 0.772. The van der Waals surface area contributed by atoms with Gasteiger partial charge in [0.2, 0.25) is 0 Å². The minimum absolute atomic E-state index is 0.180. The number of hydrogen-bond donors (Lipinski definition) is 3. The smallest absolute Gasteiger partial charge is 0.321 e. The number of nitrogens with one attached hydrogen (secondary N) is 3. The van der Waals surface area contributed by atoms with Crippen molar-refractivity contribution < 1.29 is 14.5 Å². The minimum Gasteiger partial charge on any atom is -0.334 e. The summed E-state index contributed by atoms with van der Waals surface area (Å²) >= 11 is 0. The molecule has 1 aromatic rings. The zero-order valence-electron chi connectivity index (χ0n) is 13.2. The van der Waals surface area contributed by atoms with Crippen LogP contribution in [0.2, 0.25) is 0 Å². The minimum atomic E-state index is -0.421. The van der Waals surface area contributed by atoms with Gasteiger partial charge in [-0.1, -0.05) is 30.3 Å². The molecule has 2 rings (SSSR count). The van der Waals surface area contributed by atoms with Gasteiger partial charge in [-0.2, -0.15) is 0 Å². The summed E-state index contributed by atoms with van der Waals surface area (Å²) < 4.78 is 0. The molecule has 0 unspecified atom stereocenters. The number of urea groups is 1. The average molecular weight is 304 g/mol. The van der Waals surface area contributed by atoms with E-state index in [0.29, 0.717) is 6.54 Å². The molecule has 22 heavy (non-hydrogen) atoms. The van der Waals surface area contributed by atoms with Crippen molar-refractivity contribution in [3.05, 3.63) is 35.9 Å². The molecule has 1 atom stereocenters.